The van der Waals surface area contributed by atoms with Gasteiger partial charge in [-0.3, -0.25) is 0 Å². The van der Waals surface area contributed by atoms with Crippen LogP contribution in [0.15, 0.2) is 18.6 Å². The molecule has 1 saturated heterocycles. The van der Waals surface area contributed by atoms with E-state index in [0.717, 1.165) is 44.1 Å². The van der Waals surface area contributed by atoms with Crippen LogP contribution in [0, 0.1) is 0 Å². The van der Waals surface area contributed by atoms with Gasteiger partial charge in [0.15, 0.2) is 0 Å². The third-order valence-electron chi connectivity index (χ3n) is 5.36. The first-order valence-corrected chi connectivity index (χ1v) is 8.76. The Morgan fingerprint density at radius 2 is 2.08 bits per heavy atom. The lowest BCUT2D eigenvalue weighted by molar-refractivity contribution is 0.332. The van der Waals surface area contributed by atoms with Crippen molar-refractivity contribution in [3.63, 3.8) is 0 Å². The lowest BCUT2D eigenvalue weighted by atomic mass is 9.77. The number of ether oxygens (including phenoxy) is 1. The number of hydrogen-bond acceptors (Lipinski definition) is 7. The molecule has 1 unspecified atom stereocenters. The molecule has 0 N–H and O–H groups in total. The van der Waals surface area contributed by atoms with E-state index in [9.17, 15) is 0 Å². The Hall–Kier alpha value is -2.44. The highest BCUT2D eigenvalue weighted by Crippen LogP contribution is 2.44. The zero-order chi connectivity index (χ0) is 17.4. The highest BCUT2D eigenvalue weighted by molar-refractivity contribution is 5.46. The summed E-state index contributed by atoms with van der Waals surface area (Å²) in [7, 11) is 5.62. The normalized spacial score (nSPS) is 22.1. The highest BCUT2D eigenvalue weighted by Gasteiger charge is 2.44. The average molecular weight is 340 g/mol. The average Bonchev–Trinajstić information content (AvgIpc) is 2.99. The van der Waals surface area contributed by atoms with Crippen LogP contribution in [0.25, 0.3) is 0 Å². The first-order chi connectivity index (χ1) is 12.1. The maximum Gasteiger partial charge on any atom is 0.225 e. The molecule has 2 aliphatic rings. The maximum atomic E-state index is 5.26. The maximum absolute atomic E-state index is 5.26. The smallest absolute Gasteiger partial charge is 0.225 e. The van der Waals surface area contributed by atoms with Crippen molar-refractivity contribution in [1.29, 1.82) is 0 Å². The number of rotatable bonds is 3. The molecule has 0 radical (unpaired) electrons. The molecule has 1 atom stereocenters. The Morgan fingerprint density at radius 1 is 1.20 bits per heavy atom. The van der Waals surface area contributed by atoms with Gasteiger partial charge in [0.05, 0.1) is 12.8 Å². The van der Waals surface area contributed by atoms with Crippen molar-refractivity contribution in [1.82, 2.24) is 19.9 Å². The summed E-state index contributed by atoms with van der Waals surface area (Å²) >= 11 is 0. The number of aromatic nitrogens is 4. The van der Waals surface area contributed by atoms with Crippen LogP contribution >= 0.6 is 0 Å². The summed E-state index contributed by atoms with van der Waals surface area (Å²) in [6.07, 6.45) is 8.08. The molecular formula is C18H24N6O. The predicted octanol–water partition coefficient (Wildman–Crippen LogP) is 1.83. The lowest BCUT2D eigenvalue weighted by Crippen LogP contribution is -2.46. The molecule has 0 saturated carbocycles. The molecule has 1 aliphatic heterocycles. The zero-order valence-corrected chi connectivity index (χ0v) is 15.1. The van der Waals surface area contributed by atoms with E-state index < -0.39 is 0 Å². The van der Waals surface area contributed by atoms with E-state index in [0.29, 0.717) is 5.88 Å². The van der Waals surface area contributed by atoms with Gasteiger partial charge in [0.25, 0.3) is 0 Å². The van der Waals surface area contributed by atoms with Crippen molar-refractivity contribution in [2.24, 2.45) is 0 Å². The van der Waals surface area contributed by atoms with Crippen LogP contribution in [0.5, 0.6) is 5.88 Å². The number of aryl methyl sites for hydroxylation is 1. The molecule has 7 nitrogen and oxygen atoms in total. The van der Waals surface area contributed by atoms with Crippen molar-refractivity contribution >= 4 is 11.8 Å². The van der Waals surface area contributed by atoms with Gasteiger partial charge < -0.3 is 14.5 Å². The topological polar surface area (TPSA) is 67.3 Å². The molecular weight excluding hydrogens is 316 g/mol. The first-order valence-electron chi connectivity index (χ1n) is 8.76. The Bertz CT molecular complexity index is 776. The molecule has 3 heterocycles. The SMILES string of the molecule is COc1cc(N2CCCC3(CCc4cnc(N(C)C)nc43)C2)ncn1. The summed E-state index contributed by atoms with van der Waals surface area (Å²) in [6, 6.07) is 1.92. The van der Waals surface area contributed by atoms with Gasteiger partial charge in [0.2, 0.25) is 11.8 Å². The van der Waals surface area contributed by atoms with Crippen molar-refractivity contribution in [3.05, 3.63) is 29.8 Å². The highest BCUT2D eigenvalue weighted by atomic mass is 16.5. The van der Waals surface area contributed by atoms with Gasteiger partial charge in [-0.1, -0.05) is 0 Å². The number of piperidine rings is 1. The van der Waals surface area contributed by atoms with Crippen LogP contribution in [0.3, 0.4) is 0 Å². The molecule has 2 aromatic heterocycles. The molecule has 132 valence electrons. The molecule has 7 heteroatoms. The number of hydrogen-bond donors (Lipinski definition) is 0. The van der Waals surface area contributed by atoms with Gasteiger partial charge >= 0.3 is 0 Å². The summed E-state index contributed by atoms with van der Waals surface area (Å²) in [5, 5.41) is 0. The minimum Gasteiger partial charge on any atom is -0.481 e. The molecule has 25 heavy (non-hydrogen) atoms. The molecule has 1 fully saturated rings. The van der Waals surface area contributed by atoms with Crippen LogP contribution in [0.2, 0.25) is 0 Å². The van der Waals surface area contributed by atoms with Gasteiger partial charge in [0, 0.05) is 44.9 Å². The van der Waals surface area contributed by atoms with Crippen molar-refractivity contribution in [3.8, 4) is 5.88 Å². The first kappa shape index (κ1) is 16.1. The summed E-state index contributed by atoms with van der Waals surface area (Å²) in [4.78, 5) is 22.3. The van der Waals surface area contributed by atoms with Crippen molar-refractivity contribution < 1.29 is 4.74 Å². The Morgan fingerprint density at radius 3 is 2.88 bits per heavy atom. The largest absolute Gasteiger partial charge is 0.481 e. The number of nitrogens with zero attached hydrogens (tertiary/aromatic N) is 6. The summed E-state index contributed by atoms with van der Waals surface area (Å²) in [5.74, 6) is 2.33. The molecule has 4 rings (SSSR count). The quantitative estimate of drug-likeness (QED) is 0.844. The minimum absolute atomic E-state index is 0.0967. The summed E-state index contributed by atoms with van der Waals surface area (Å²) < 4.78 is 5.26. The van der Waals surface area contributed by atoms with Crippen molar-refractivity contribution in [2.45, 2.75) is 31.1 Å². The second-order valence-corrected chi connectivity index (χ2v) is 7.16. The second kappa shape index (κ2) is 6.13. The Kier molecular flexibility index (Phi) is 3.94. The van der Waals surface area contributed by atoms with Gasteiger partial charge in [-0.25, -0.2) is 19.9 Å². The van der Waals surface area contributed by atoms with Gasteiger partial charge in [0.1, 0.15) is 12.1 Å². The van der Waals surface area contributed by atoms with E-state index in [2.05, 4.69) is 19.9 Å². The van der Waals surface area contributed by atoms with Gasteiger partial charge in [-0.2, -0.15) is 0 Å². The van der Waals surface area contributed by atoms with Crippen LogP contribution in [0.1, 0.15) is 30.5 Å². The third kappa shape index (κ3) is 2.77. The lowest BCUT2D eigenvalue weighted by Gasteiger charge is -2.41. The number of fused-ring (bicyclic) bond motifs is 2. The monoisotopic (exact) mass is 340 g/mol. The van der Waals surface area contributed by atoms with Crippen LogP contribution < -0.4 is 14.5 Å². The van der Waals surface area contributed by atoms with Gasteiger partial charge in [-0.05, 0) is 31.2 Å². The van der Waals surface area contributed by atoms with E-state index in [-0.39, 0.29) is 5.41 Å². The van der Waals surface area contributed by atoms with Crippen molar-refractivity contribution in [2.75, 3.05) is 44.1 Å². The van der Waals surface area contributed by atoms with E-state index >= 15 is 0 Å². The number of methoxy groups -OCH3 is 1. The fraction of sp³-hybridized carbons (Fsp3) is 0.556. The van der Waals surface area contributed by atoms with Crippen LogP contribution in [-0.4, -0.2) is 54.2 Å². The molecule has 2 aromatic rings. The predicted molar refractivity (Wildman–Crippen MR) is 96.4 cm³/mol. The fourth-order valence-electron chi connectivity index (χ4n) is 4.09. The van der Waals surface area contributed by atoms with E-state index in [4.69, 9.17) is 9.72 Å². The van der Waals surface area contributed by atoms with Gasteiger partial charge in [-0.15, -0.1) is 0 Å². The summed E-state index contributed by atoms with van der Waals surface area (Å²) in [6.45, 7) is 1.94. The summed E-state index contributed by atoms with van der Waals surface area (Å²) in [5.41, 5.74) is 2.63. The zero-order valence-electron chi connectivity index (χ0n) is 15.1. The Balaban J connectivity index is 1.67. The van der Waals surface area contributed by atoms with Crippen LogP contribution in [0.4, 0.5) is 11.8 Å². The van der Waals surface area contributed by atoms with E-state index in [1.54, 1.807) is 13.4 Å². The second-order valence-electron chi connectivity index (χ2n) is 7.16. The molecule has 0 amide bonds. The molecule has 0 bridgehead atoms. The Labute approximate surface area is 148 Å². The third-order valence-corrected chi connectivity index (χ3v) is 5.36. The fourth-order valence-corrected chi connectivity index (χ4v) is 4.09. The number of anilines is 2. The molecule has 1 spiro atoms. The molecule has 1 aliphatic carbocycles. The molecule has 0 aromatic carbocycles. The van der Waals surface area contributed by atoms with E-state index in [1.165, 1.54) is 17.7 Å². The minimum atomic E-state index is 0.0967. The standard InChI is InChI=1S/C18H24N6O/c1-23(2)17-19-10-13-5-7-18(16(13)22-17)6-4-8-24(11-18)14-9-15(25-3)21-12-20-14/h9-10,12H,4-8,11H2,1-3H3. The van der Waals surface area contributed by atoms with E-state index in [1.807, 2.05) is 31.3 Å². The van der Waals surface area contributed by atoms with Crippen LogP contribution in [-0.2, 0) is 11.8 Å².